The van der Waals surface area contributed by atoms with Gasteiger partial charge in [0.05, 0.1) is 6.10 Å². The minimum absolute atomic E-state index is 0.0851. The zero-order valence-corrected chi connectivity index (χ0v) is 22.2. The van der Waals surface area contributed by atoms with Gasteiger partial charge in [-0.05, 0) is 37.0 Å². The van der Waals surface area contributed by atoms with Crippen molar-refractivity contribution >= 4 is 34.6 Å². The Morgan fingerprint density at radius 3 is 2.38 bits per heavy atom. The number of para-hydroxylation sites is 1. The molecule has 3 aromatic rings. The highest BCUT2D eigenvalue weighted by Gasteiger charge is 2.38. The first-order valence-electron chi connectivity index (χ1n) is 13.3. The van der Waals surface area contributed by atoms with E-state index in [9.17, 15) is 29.4 Å². The van der Waals surface area contributed by atoms with Crippen molar-refractivity contribution in [2.24, 2.45) is 5.73 Å². The van der Waals surface area contributed by atoms with Crippen LogP contribution < -0.4 is 16.4 Å². The largest absolute Gasteiger partial charge is 0.480 e. The molecule has 3 amide bonds. The number of aliphatic hydroxyl groups is 1. The molecule has 2 heterocycles. The zero-order valence-electron chi connectivity index (χ0n) is 22.2. The Morgan fingerprint density at radius 1 is 1.00 bits per heavy atom. The third-order valence-corrected chi connectivity index (χ3v) is 7.27. The van der Waals surface area contributed by atoms with Crippen LogP contribution in [-0.4, -0.2) is 80.6 Å². The molecular formula is C29H35N5O6. The van der Waals surface area contributed by atoms with Crippen LogP contribution in [0.3, 0.4) is 0 Å². The average Bonchev–Trinajstić information content (AvgIpc) is 3.60. The molecule has 40 heavy (non-hydrogen) atoms. The molecule has 11 nitrogen and oxygen atoms in total. The van der Waals surface area contributed by atoms with Gasteiger partial charge < -0.3 is 36.5 Å². The fraction of sp³-hybridized carbons (Fsp3) is 0.379. The third kappa shape index (κ3) is 6.67. The first kappa shape index (κ1) is 28.8. The summed E-state index contributed by atoms with van der Waals surface area (Å²) in [7, 11) is 0. The van der Waals surface area contributed by atoms with Crippen LogP contribution in [0.4, 0.5) is 0 Å². The van der Waals surface area contributed by atoms with Gasteiger partial charge in [0, 0.05) is 36.5 Å². The van der Waals surface area contributed by atoms with E-state index in [1.807, 2.05) is 54.6 Å². The molecule has 5 atom stereocenters. The number of carboxylic acid groups (broad SMARTS) is 1. The number of carbonyl (C=O) groups excluding carboxylic acids is 3. The second-order valence-corrected chi connectivity index (χ2v) is 10.2. The molecule has 1 aromatic heterocycles. The van der Waals surface area contributed by atoms with Crippen LogP contribution >= 0.6 is 0 Å². The number of nitrogens with one attached hydrogen (secondary N) is 3. The summed E-state index contributed by atoms with van der Waals surface area (Å²) >= 11 is 0. The number of fused-ring (bicyclic) bond motifs is 1. The Morgan fingerprint density at radius 2 is 1.68 bits per heavy atom. The molecule has 0 saturated carbocycles. The second kappa shape index (κ2) is 12.8. The number of hydrogen-bond acceptors (Lipinski definition) is 6. The van der Waals surface area contributed by atoms with Crippen LogP contribution in [0.15, 0.2) is 60.8 Å². The molecule has 4 rings (SSSR count). The summed E-state index contributed by atoms with van der Waals surface area (Å²) in [4.78, 5) is 56.4. The number of carbonyl (C=O) groups is 4. The fourth-order valence-corrected chi connectivity index (χ4v) is 5.03. The summed E-state index contributed by atoms with van der Waals surface area (Å²) in [5.74, 6) is -2.93. The van der Waals surface area contributed by atoms with Gasteiger partial charge in [-0.1, -0.05) is 48.5 Å². The maximum absolute atomic E-state index is 13.7. The summed E-state index contributed by atoms with van der Waals surface area (Å²) in [6.45, 7) is 1.65. The number of aliphatic hydroxyl groups excluding tert-OH is 1. The standard InChI is InChI=1S/C29H35N5O6/c1-17(35)25(30)27(37)32-22(15-19-16-31-21-11-6-5-10-20(19)21)26(36)33-23(14-18-8-3-2-4-9-18)28(38)34-13-7-12-24(34)29(39)40/h2-6,8-11,16-17,22-25,31,35H,7,12-15,30H2,1H3,(H,32,37)(H,33,36)(H,39,40). The van der Waals surface area contributed by atoms with E-state index in [0.29, 0.717) is 12.8 Å². The lowest BCUT2D eigenvalue weighted by Gasteiger charge is -2.29. The molecule has 1 aliphatic heterocycles. The molecule has 7 N–H and O–H groups in total. The molecule has 1 saturated heterocycles. The Bertz CT molecular complexity index is 1360. The minimum Gasteiger partial charge on any atom is -0.480 e. The Labute approximate surface area is 231 Å². The van der Waals surface area contributed by atoms with E-state index in [1.165, 1.54) is 11.8 Å². The molecule has 0 aliphatic carbocycles. The second-order valence-electron chi connectivity index (χ2n) is 10.2. The number of nitrogens with zero attached hydrogens (tertiary/aromatic N) is 1. The predicted molar refractivity (Wildman–Crippen MR) is 148 cm³/mol. The number of aromatic amines is 1. The van der Waals surface area contributed by atoms with Crippen molar-refractivity contribution in [1.82, 2.24) is 20.5 Å². The first-order chi connectivity index (χ1) is 19.2. The van der Waals surface area contributed by atoms with Crippen LogP contribution in [0.1, 0.15) is 30.9 Å². The number of benzene rings is 2. The highest BCUT2D eigenvalue weighted by Crippen LogP contribution is 2.21. The van der Waals surface area contributed by atoms with E-state index in [2.05, 4.69) is 15.6 Å². The van der Waals surface area contributed by atoms with Crippen LogP contribution in [0.5, 0.6) is 0 Å². The highest BCUT2D eigenvalue weighted by molar-refractivity contribution is 5.95. The van der Waals surface area contributed by atoms with Gasteiger partial charge in [-0.2, -0.15) is 0 Å². The lowest BCUT2D eigenvalue weighted by Crippen LogP contribution is -2.59. The molecule has 11 heteroatoms. The minimum atomic E-state index is -1.26. The number of H-pyrrole nitrogens is 1. The van der Waals surface area contributed by atoms with Gasteiger partial charge in [-0.15, -0.1) is 0 Å². The summed E-state index contributed by atoms with van der Waals surface area (Å²) < 4.78 is 0. The molecule has 0 bridgehead atoms. The maximum Gasteiger partial charge on any atom is 0.326 e. The lowest BCUT2D eigenvalue weighted by molar-refractivity contribution is -0.149. The van der Waals surface area contributed by atoms with Gasteiger partial charge in [0.25, 0.3) is 0 Å². The summed E-state index contributed by atoms with van der Waals surface area (Å²) in [5.41, 5.74) is 8.23. The van der Waals surface area contributed by atoms with Crippen molar-refractivity contribution in [2.75, 3.05) is 6.54 Å². The van der Waals surface area contributed by atoms with Crippen molar-refractivity contribution in [3.63, 3.8) is 0 Å². The molecule has 212 valence electrons. The number of rotatable bonds is 11. The molecule has 1 fully saturated rings. The van der Waals surface area contributed by atoms with Crippen molar-refractivity contribution in [3.8, 4) is 0 Å². The molecular weight excluding hydrogens is 514 g/mol. The van der Waals surface area contributed by atoms with Crippen molar-refractivity contribution in [1.29, 1.82) is 0 Å². The van der Waals surface area contributed by atoms with Crippen LogP contribution in [0, 0.1) is 0 Å². The number of amides is 3. The number of likely N-dealkylation sites (tertiary alicyclic amines) is 1. The fourth-order valence-electron chi connectivity index (χ4n) is 5.03. The quantitative estimate of drug-likeness (QED) is 0.204. The third-order valence-electron chi connectivity index (χ3n) is 7.27. The first-order valence-corrected chi connectivity index (χ1v) is 13.3. The van der Waals surface area contributed by atoms with Gasteiger partial charge >= 0.3 is 5.97 Å². The van der Waals surface area contributed by atoms with Gasteiger partial charge in [0.2, 0.25) is 17.7 Å². The number of nitrogens with two attached hydrogens (primary N) is 1. The monoisotopic (exact) mass is 549 g/mol. The molecule has 0 spiro atoms. The normalized spacial score (nSPS) is 18.1. The van der Waals surface area contributed by atoms with E-state index in [1.54, 1.807) is 6.20 Å². The summed E-state index contributed by atoms with van der Waals surface area (Å²) in [6.07, 6.45) is 1.71. The predicted octanol–water partition coefficient (Wildman–Crippen LogP) is 0.706. The SMILES string of the molecule is CC(O)C(N)C(=O)NC(Cc1c[nH]c2ccccc12)C(=O)NC(Cc1ccccc1)C(=O)N1CCCC1C(=O)O. The Balaban J connectivity index is 1.62. The Kier molecular flexibility index (Phi) is 9.18. The van der Waals surface area contributed by atoms with Gasteiger partial charge in [0.15, 0.2) is 0 Å². The van der Waals surface area contributed by atoms with Crippen LogP contribution in [0.25, 0.3) is 10.9 Å². The summed E-state index contributed by atoms with van der Waals surface area (Å²) in [5, 5.41) is 25.8. The smallest absolute Gasteiger partial charge is 0.326 e. The van der Waals surface area contributed by atoms with Gasteiger partial charge in [-0.25, -0.2) is 4.79 Å². The van der Waals surface area contributed by atoms with Crippen molar-refractivity contribution < 1.29 is 29.4 Å². The number of aliphatic carboxylic acids is 1. The molecule has 0 radical (unpaired) electrons. The zero-order chi connectivity index (χ0) is 28.8. The van der Waals surface area contributed by atoms with E-state index >= 15 is 0 Å². The van der Waals surface area contributed by atoms with Gasteiger partial charge in [0.1, 0.15) is 24.2 Å². The Hall–Kier alpha value is -4.22. The number of carboxylic acids is 1. The lowest BCUT2D eigenvalue weighted by atomic mass is 10.0. The molecule has 5 unspecified atom stereocenters. The van der Waals surface area contributed by atoms with Crippen molar-refractivity contribution in [3.05, 3.63) is 71.9 Å². The van der Waals surface area contributed by atoms with Gasteiger partial charge in [-0.3, -0.25) is 14.4 Å². The molecule has 1 aliphatic rings. The van der Waals surface area contributed by atoms with Crippen molar-refractivity contribution in [2.45, 2.75) is 62.9 Å². The van der Waals surface area contributed by atoms with E-state index in [4.69, 9.17) is 5.73 Å². The van der Waals surface area contributed by atoms with E-state index < -0.39 is 54.0 Å². The number of aromatic nitrogens is 1. The van der Waals surface area contributed by atoms with E-state index in [-0.39, 0.29) is 19.4 Å². The number of hydrogen-bond donors (Lipinski definition) is 6. The maximum atomic E-state index is 13.7. The van der Waals surface area contributed by atoms with Crippen LogP contribution in [-0.2, 0) is 32.0 Å². The van der Waals surface area contributed by atoms with E-state index in [0.717, 1.165) is 22.0 Å². The summed E-state index contributed by atoms with van der Waals surface area (Å²) in [6, 6.07) is 12.2. The van der Waals surface area contributed by atoms with Crippen LogP contribution in [0.2, 0.25) is 0 Å². The highest BCUT2D eigenvalue weighted by atomic mass is 16.4. The topological polar surface area (TPSA) is 178 Å². The average molecular weight is 550 g/mol. The molecule has 2 aromatic carbocycles.